The van der Waals surface area contributed by atoms with Gasteiger partial charge in [-0.3, -0.25) is 0 Å². The molecule has 0 radical (unpaired) electrons. The first-order valence-corrected chi connectivity index (χ1v) is 4.06. The van der Waals surface area contributed by atoms with Crippen LogP contribution >= 0.6 is 0 Å². The van der Waals surface area contributed by atoms with Gasteiger partial charge in [-0.2, -0.15) is 10.3 Å². The van der Waals surface area contributed by atoms with E-state index < -0.39 is 0 Å². The number of H-pyrrole nitrogens is 1. The lowest BCUT2D eigenvalue weighted by Crippen LogP contribution is -1.90. The molecule has 0 aliphatic rings. The third kappa shape index (κ3) is 1.62. The zero-order valence-electron chi connectivity index (χ0n) is 7.25. The second kappa shape index (κ2) is 3.71. The average Bonchev–Trinajstić information content (AvgIpc) is 2.65. The predicted octanol–water partition coefficient (Wildman–Crippen LogP) is 1.21. The van der Waals surface area contributed by atoms with Gasteiger partial charge in [0.25, 0.3) is 0 Å². The summed E-state index contributed by atoms with van der Waals surface area (Å²) in [5, 5.41) is 13.7. The molecule has 0 amide bonds. The number of nitrogens with zero attached hydrogens (tertiary/aromatic N) is 6. The van der Waals surface area contributed by atoms with Crippen LogP contribution in [0.5, 0.6) is 0 Å². The Morgan fingerprint density at radius 3 is 3.29 bits per heavy atom. The summed E-state index contributed by atoms with van der Waals surface area (Å²) in [6, 6.07) is 1.87. The van der Waals surface area contributed by atoms with Crippen LogP contribution in [0.1, 0.15) is 5.56 Å². The van der Waals surface area contributed by atoms with Crippen LogP contribution in [-0.2, 0) is 6.42 Å². The Balaban J connectivity index is 2.21. The monoisotopic (exact) mass is 189 g/mol. The van der Waals surface area contributed by atoms with Gasteiger partial charge in [0, 0.05) is 17.7 Å². The van der Waals surface area contributed by atoms with Crippen molar-refractivity contribution in [2.24, 2.45) is 5.11 Å². The van der Waals surface area contributed by atoms with Gasteiger partial charge in [-0.25, -0.2) is 4.98 Å². The minimum atomic E-state index is 0.432. The Morgan fingerprint density at radius 1 is 1.50 bits per heavy atom. The molecule has 2 aromatic rings. The molecule has 7 heteroatoms. The van der Waals surface area contributed by atoms with Gasteiger partial charge >= 0.3 is 0 Å². The zero-order valence-corrected chi connectivity index (χ0v) is 7.25. The van der Waals surface area contributed by atoms with Crippen LogP contribution in [0, 0.1) is 0 Å². The topological polar surface area (TPSA) is 103 Å². The summed E-state index contributed by atoms with van der Waals surface area (Å²) >= 11 is 0. The third-order valence-electron chi connectivity index (χ3n) is 1.79. The van der Waals surface area contributed by atoms with Gasteiger partial charge in [0.2, 0.25) is 5.65 Å². The van der Waals surface area contributed by atoms with Crippen LogP contribution in [0.15, 0.2) is 17.4 Å². The van der Waals surface area contributed by atoms with E-state index in [1.54, 1.807) is 6.20 Å². The molecule has 0 atom stereocenters. The number of azide groups is 1. The van der Waals surface area contributed by atoms with E-state index in [4.69, 9.17) is 5.53 Å². The number of nitrogens with one attached hydrogen (secondary N) is 1. The first kappa shape index (κ1) is 8.46. The van der Waals surface area contributed by atoms with Crippen LogP contribution in [0.4, 0.5) is 0 Å². The number of hydrogen-bond acceptors (Lipinski definition) is 4. The molecule has 2 aromatic heterocycles. The van der Waals surface area contributed by atoms with Gasteiger partial charge in [-0.15, -0.1) is 5.10 Å². The first-order chi connectivity index (χ1) is 6.90. The molecular formula is C7H7N7. The maximum Gasteiger partial charge on any atom is 0.201 e. The van der Waals surface area contributed by atoms with Gasteiger partial charge in [0.05, 0.1) is 0 Å². The molecule has 2 heterocycles. The van der Waals surface area contributed by atoms with E-state index in [-0.39, 0.29) is 0 Å². The highest BCUT2D eigenvalue weighted by Gasteiger charge is 2.00. The molecular weight excluding hydrogens is 182 g/mol. The second-order valence-electron chi connectivity index (χ2n) is 2.71. The Hall–Kier alpha value is -2.14. The summed E-state index contributed by atoms with van der Waals surface area (Å²) in [5.41, 5.74) is 10.4. The normalized spacial score (nSPS) is 10.0. The molecule has 0 saturated heterocycles. The zero-order chi connectivity index (χ0) is 9.80. The van der Waals surface area contributed by atoms with Crippen LogP contribution in [0.2, 0.25) is 0 Å². The first-order valence-electron chi connectivity index (χ1n) is 4.06. The molecule has 0 unspecified atom stereocenters. The summed E-state index contributed by atoms with van der Waals surface area (Å²) < 4.78 is 0. The Morgan fingerprint density at radius 2 is 2.43 bits per heavy atom. The fourth-order valence-electron chi connectivity index (χ4n) is 1.14. The van der Waals surface area contributed by atoms with Crippen molar-refractivity contribution in [3.63, 3.8) is 0 Å². The van der Waals surface area contributed by atoms with Crippen LogP contribution in [-0.4, -0.2) is 26.9 Å². The van der Waals surface area contributed by atoms with Gasteiger partial charge in [0.1, 0.15) is 5.52 Å². The number of aromatic amines is 1. The molecule has 7 nitrogen and oxygen atoms in total. The second-order valence-corrected chi connectivity index (χ2v) is 2.71. The lowest BCUT2D eigenvalue weighted by atomic mass is 10.2. The number of fused-ring (bicyclic) bond motifs is 1. The Kier molecular flexibility index (Phi) is 2.24. The summed E-state index contributed by atoms with van der Waals surface area (Å²) in [4.78, 5) is 6.75. The van der Waals surface area contributed by atoms with Gasteiger partial charge in [-0.1, -0.05) is 5.11 Å². The molecule has 2 rings (SSSR count). The SMILES string of the molecule is [N-]=[N+]=NCCc1cnc2n[nH]nc2c1. The average molecular weight is 189 g/mol. The van der Waals surface area contributed by atoms with E-state index in [0.29, 0.717) is 18.6 Å². The van der Waals surface area contributed by atoms with E-state index in [1.807, 2.05) is 6.07 Å². The molecule has 0 aromatic carbocycles. The lowest BCUT2D eigenvalue weighted by Gasteiger charge is -1.94. The number of pyridine rings is 1. The van der Waals surface area contributed by atoms with Gasteiger partial charge < -0.3 is 0 Å². The van der Waals surface area contributed by atoms with E-state index in [1.165, 1.54) is 0 Å². The number of aromatic nitrogens is 4. The predicted molar refractivity (Wildman–Crippen MR) is 49.4 cm³/mol. The summed E-state index contributed by atoms with van der Waals surface area (Å²) in [7, 11) is 0. The van der Waals surface area contributed by atoms with Crippen molar-refractivity contribution in [2.45, 2.75) is 6.42 Å². The van der Waals surface area contributed by atoms with Crippen molar-refractivity contribution < 1.29 is 0 Å². The molecule has 0 aliphatic heterocycles. The molecule has 14 heavy (non-hydrogen) atoms. The smallest absolute Gasteiger partial charge is 0.201 e. The van der Waals surface area contributed by atoms with E-state index in [0.717, 1.165) is 11.1 Å². The summed E-state index contributed by atoms with van der Waals surface area (Å²) in [5.74, 6) is 0. The Labute approximate surface area is 78.8 Å². The molecule has 0 saturated carbocycles. The standard InChI is InChI=1S/C7H7N7/c8-13-10-2-1-5-3-6-7(9-4-5)12-14-11-6/h3-4H,1-2H2,(H,9,11,12,14). The highest BCUT2D eigenvalue weighted by atomic mass is 15.3. The van der Waals surface area contributed by atoms with Gasteiger partial charge in [-0.05, 0) is 23.6 Å². The summed E-state index contributed by atoms with van der Waals surface area (Å²) in [6.07, 6.45) is 2.37. The lowest BCUT2D eigenvalue weighted by molar-refractivity contribution is 0.950. The highest BCUT2D eigenvalue weighted by molar-refractivity contribution is 5.68. The fourth-order valence-corrected chi connectivity index (χ4v) is 1.14. The van der Waals surface area contributed by atoms with E-state index in [2.05, 4.69) is 30.4 Å². The van der Waals surface area contributed by atoms with E-state index >= 15 is 0 Å². The van der Waals surface area contributed by atoms with Crippen molar-refractivity contribution in [1.82, 2.24) is 20.4 Å². The van der Waals surface area contributed by atoms with Crippen molar-refractivity contribution in [3.05, 3.63) is 28.3 Å². The third-order valence-corrected chi connectivity index (χ3v) is 1.79. The molecule has 1 N–H and O–H groups in total. The minimum Gasteiger partial charge on any atom is -0.233 e. The van der Waals surface area contributed by atoms with Crippen molar-refractivity contribution in [2.75, 3.05) is 6.54 Å². The molecule has 0 bridgehead atoms. The number of rotatable bonds is 3. The van der Waals surface area contributed by atoms with E-state index in [9.17, 15) is 0 Å². The Bertz CT molecular complexity index is 481. The van der Waals surface area contributed by atoms with Crippen molar-refractivity contribution in [3.8, 4) is 0 Å². The fraction of sp³-hybridized carbons (Fsp3) is 0.286. The molecule has 0 aliphatic carbocycles. The van der Waals surface area contributed by atoms with Crippen molar-refractivity contribution >= 4 is 11.2 Å². The maximum absolute atomic E-state index is 8.10. The van der Waals surface area contributed by atoms with Gasteiger partial charge in [0.15, 0.2) is 0 Å². The van der Waals surface area contributed by atoms with Crippen LogP contribution < -0.4 is 0 Å². The number of hydrogen-bond donors (Lipinski definition) is 1. The molecule has 0 fully saturated rings. The maximum atomic E-state index is 8.10. The van der Waals surface area contributed by atoms with Crippen LogP contribution in [0.3, 0.4) is 0 Å². The van der Waals surface area contributed by atoms with Crippen LogP contribution in [0.25, 0.3) is 21.6 Å². The summed E-state index contributed by atoms with van der Waals surface area (Å²) in [6.45, 7) is 0.432. The quantitative estimate of drug-likeness (QED) is 0.445. The molecule has 0 spiro atoms. The molecule has 70 valence electrons. The minimum absolute atomic E-state index is 0.432. The van der Waals surface area contributed by atoms with Crippen molar-refractivity contribution in [1.29, 1.82) is 0 Å². The highest BCUT2D eigenvalue weighted by Crippen LogP contribution is 2.07. The largest absolute Gasteiger partial charge is 0.233 e.